The number of ether oxygens (including phenoxy) is 4. The van der Waals surface area contributed by atoms with Crippen LogP contribution in [-0.2, 0) is 18.9 Å². The Balaban J connectivity index is 0.000000245. The molecular weight excluding hydrogens is 208 g/mol. The third-order valence-corrected chi connectivity index (χ3v) is 1.16. The van der Waals surface area contributed by atoms with Crippen molar-refractivity contribution >= 4 is 12.3 Å². The highest BCUT2D eigenvalue weighted by molar-refractivity contribution is 5.64. The van der Waals surface area contributed by atoms with Gasteiger partial charge >= 0.3 is 12.3 Å². The van der Waals surface area contributed by atoms with Gasteiger partial charge < -0.3 is 24.4 Å². The van der Waals surface area contributed by atoms with Crippen molar-refractivity contribution in [2.45, 2.75) is 0 Å². The molecule has 0 radical (unpaired) electrons. The van der Waals surface area contributed by atoms with Crippen LogP contribution >= 0.6 is 0 Å². The van der Waals surface area contributed by atoms with E-state index in [0.29, 0.717) is 11.5 Å². The Labute approximate surface area is 85.2 Å². The number of carbonyl (C=O) groups excluding carboxylic acids is 2. The molecule has 15 heavy (non-hydrogen) atoms. The van der Waals surface area contributed by atoms with E-state index in [2.05, 4.69) is 32.1 Å². The first-order valence-electron chi connectivity index (χ1n) is 3.62. The zero-order valence-corrected chi connectivity index (χ0v) is 7.78. The first-order valence-corrected chi connectivity index (χ1v) is 3.62. The van der Waals surface area contributed by atoms with Crippen molar-refractivity contribution in [3.63, 3.8) is 0 Å². The Morgan fingerprint density at radius 2 is 1.20 bits per heavy atom. The summed E-state index contributed by atoms with van der Waals surface area (Å²) in [4.78, 5) is 19.9. The highest BCUT2D eigenvalue weighted by atomic mass is 16.8. The summed E-state index contributed by atoms with van der Waals surface area (Å²) in [6.45, 7) is 7.09. The smallest absolute Gasteiger partial charge is 0.426 e. The van der Waals surface area contributed by atoms with Gasteiger partial charge in [-0.25, -0.2) is 9.59 Å². The summed E-state index contributed by atoms with van der Waals surface area (Å²) in [6.07, 6.45) is -1.30. The van der Waals surface area contributed by atoms with Crippen LogP contribution in [0, 0.1) is 0 Å². The fourth-order valence-corrected chi connectivity index (χ4v) is 0.632. The maximum atomic E-state index is 9.95. The summed E-state index contributed by atoms with van der Waals surface area (Å²) in [5.74, 6) is 0.759. The van der Waals surface area contributed by atoms with Gasteiger partial charge in [0.05, 0.1) is 0 Å². The lowest BCUT2D eigenvalue weighted by Crippen LogP contribution is -1.88. The standard InChI is InChI=1S/2C4H4O3.H2O/c2*1-3-2-6-4(5)7-3;/h2*1-2H2;1H2. The summed E-state index contributed by atoms with van der Waals surface area (Å²) in [5, 5.41) is 0. The average Bonchev–Trinajstić information content (AvgIpc) is 2.63. The molecule has 0 aliphatic carbocycles. The molecule has 7 nitrogen and oxygen atoms in total. The highest BCUT2D eigenvalue weighted by Crippen LogP contribution is 2.05. The molecule has 2 aliphatic heterocycles. The quantitative estimate of drug-likeness (QED) is 0.549. The molecule has 7 heteroatoms. The Kier molecular flexibility index (Phi) is 4.89. The number of rotatable bonds is 0. The molecule has 2 aliphatic rings. The van der Waals surface area contributed by atoms with Crippen LogP contribution in [0.4, 0.5) is 9.59 Å². The first-order chi connectivity index (χ1) is 6.58. The normalized spacial score (nSPS) is 17.6. The van der Waals surface area contributed by atoms with Gasteiger partial charge in [0.25, 0.3) is 0 Å². The number of cyclic esters (lactones) is 4. The third-order valence-electron chi connectivity index (χ3n) is 1.16. The van der Waals surface area contributed by atoms with Crippen molar-refractivity contribution in [2.75, 3.05) is 13.2 Å². The molecular formula is C8H10O7. The first kappa shape index (κ1) is 13.0. The monoisotopic (exact) mass is 218 g/mol. The molecule has 0 bridgehead atoms. The molecule has 2 rings (SSSR count). The van der Waals surface area contributed by atoms with E-state index < -0.39 is 12.3 Å². The second-order valence-corrected chi connectivity index (χ2v) is 2.36. The van der Waals surface area contributed by atoms with Crippen LogP contribution in [0.1, 0.15) is 0 Å². The fourth-order valence-electron chi connectivity index (χ4n) is 0.632. The van der Waals surface area contributed by atoms with Crippen LogP contribution in [0.2, 0.25) is 0 Å². The van der Waals surface area contributed by atoms with Gasteiger partial charge in [-0.1, -0.05) is 13.2 Å². The van der Waals surface area contributed by atoms with Gasteiger partial charge in [-0.2, -0.15) is 0 Å². The molecule has 0 aromatic rings. The summed E-state index contributed by atoms with van der Waals surface area (Å²) >= 11 is 0. The molecule has 2 saturated heterocycles. The molecule has 2 fully saturated rings. The topological polar surface area (TPSA) is 103 Å². The number of hydrogen-bond acceptors (Lipinski definition) is 6. The lowest BCUT2D eigenvalue weighted by molar-refractivity contribution is 0.135. The Morgan fingerprint density at radius 3 is 1.27 bits per heavy atom. The minimum absolute atomic E-state index is 0. The van der Waals surface area contributed by atoms with E-state index in [-0.39, 0.29) is 18.7 Å². The minimum Gasteiger partial charge on any atom is -0.426 e. The average molecular weight is 218 g/mol. The molecule has 84 valence electrons. The van der Waals surface area contributed by atoms with E-state index in [0.717, 1.165) is 0 Å². The van der Waals surface area contributed by atoms with Crippen LogP contribution < -0.4 is 0 Å². The molecule has 0 spiro atoms. The second-order valence-electron chi connectivity index (χ2n) is 2.36. The van der Waals surface area contributed by atoms with Crippen LogP contribution in [0.15, 0.2) is 24.7 Å². The molecule has 0 unspecified atom stereocenters. The minimum atomic E-state index is -0.648. The number of carbonyl (C=O) groups is 2. The lowest BCUT2D eigenvalue weighted by Gasteiger charge is -1.80. The van der Waals surface area contributed by atoms with E-state index in [1.165, 1.54) is 0 Å². The van der Waals surface area contributed by atoms with E-state index in [1.54, 1.807) is 0 Å². The maximum Gasteiger partial charge on any atom is 0.514 e. The molecule has 0 amide bonds. The maximum absolute atomic E-state index is 9.95. The SMILES string of the molecule is C=C1COC(=O)O1.C=C1COC(=O)O1.O. The molecule has 0 aromatic heterocycles. The summed E-state index contributed by atoms with van der Waals surface area (Å²) < 4.78 is 17.2. The molecule has 2 heterocycles. The molecule has 0 saturated carbocycles. The van der Waals surface area contributed by atoms with Crippen molar-refractivity contribution in [2.24, 2.45) is 0 Å². The van der Waals surface area contributed by atoms with Gasteiger partial charge in [-0.3, -0.25) is 0 Å². The van der Waals surface area contributed by atoms with Gasteiger partial charge in [0.15, 0.2) is 13.2 Å². The Hall–Kier alpha value is -2.02. The molecule has 2 N–H and O–H groups in total. The van der Waals surface area contributed by atoms with E-state index in [4.69, 9.17) is 0 Å². The lowest BCUT2D eigenvalue weighted by atomic mass is 10.6. The van der Waals surface area contributed by atoms with Gasteiger partial charge in [0.2, 0.25) is 0 Å². The van der Waals surface area contributed by atoms with Crippen molar-refractivity contribution in [1.82, 2.24) is 0 Å². The van der Waals surface area contributed by atoms with Gasteiger partial charge in [-0.15, -0.1) is 0 Å². The van der Waals surface area contributed by atoms with Gasteiger partial charge in [0, 0.05) is 0 Å². The van der Waals surface area contributed by atoms with Crippen LogP contribution in [0.25, 0.3) is 0 Å². The predicted octanol–water partition coefficient (Wildman–Crippen LogP) is 0.509. The van der Waals surface area contributed by atoms with Gasteiger partial charge in [-0.05, 0) is 0 Å². The van der Waals surface area contributed by atoms with Crippen LogP contribution in [0.5, 0.6) is 0 Å². The van der Waals surface area contributed by atoms with E-state index in [9.17, 15) is 9.59 Å². The van der Waals surface area contributed by atoms with Crippen LogP contribution in [-0.4, -0.2) is 31.0 Å². The van der Waals surface area contributed by atoms with Crippen LogP contribution in [0.3, 0.4) is 0 Å². The summed E-state index contributed by atoms with van der Waals surface area (Å²) in [7, 11) is 0. The highest BCUT2D eigenvalue weighted by Gasteiger charge is 2.15. The summed E-state index contributed by atoms with van der Waals surface area (Å²) in [5.41, 5.74) is 0. The van der Waals surface area contributed by atoms with Crippen molar-refractivity contribution in [3.8, 4) is 0 Å². The Morgan fingerprint density at radius 1 is 0.867 bits per heavy atom. The van der Waals surface area contributed by atoms with Crippen molar-refractivity contribution in [1.29, 1.82) is 0 Å². The second kappa shape index (κ2) is 5.66. The predicted molar refractivity (Wildman–Crippen MR) is 46.8 cm³/mol. The summed E-state index contributed by atoms with van der Waals surface area (Å²) in [6, 6.07) is 0. The zero-order valence-electron chi connectivity index (χ0n) is 7.78. The largest absolute Gasteiger partial charge is 0.514 e. The van der Waals surface area contributed by atoms with Crippen molar-refractivity contribution in [3.05, 3.63) is 24.7 Å². The molecule has 0 aromatic carbocycles. The van der Waals surface area contributed by atoms with Gasteiger partial charge in [0.1, 0.15) is 11.5 Å². The fraction of sp³-hybridized carbons (Fsp3) is 0.250. The van der Waals surface area contributed by atoms with E-state index in [1.807, 2.05) is 0 Å². The Bertz CT molecular complexity index is 235. The molecule has 0 atom stereocenters. The zero-order chi connectivity index (χ0) is 10.6. The third kappa shape index (κ3) is 4.67. The van der Waals surface area contributed by atoms with Crippen molar-refractivity contribution < 1.29 is 34.0 Å². The van der Waals surface area contributed by atoms with E-state index >= 15 is 0 Å². The number of hydrogen-bond donors (Lipinski definition) is 0.